The van der Waals surface area contributed by atoms with Gasteiger partial charge < -0.3 is 20.1 Å². The Labute approximate surface area is 186 Å². The zero-order chi connectivity index (χ0) is 22.4. The van der Waals surface area contributed by atoms with Crippen molar-refractivity contribution in [1.82, 2.24) is 14.4 Å². The second-order valence-corrected chi connectivity index (χ2v) is 8.69. The third-order valence-electron chi connectivity index (χ3n) is 6.84. The van der Waals surface area contributed by atoms with E-state index in [1.807, 2.05) is 43.4 Å². The highest BCUT2D eigenvalue weighted by atomic mass is 16.2. The van der Waals surface area contributed by atoms with Gasteiger partial charge in [-0.15, -0.1) is 0 Å². The van der Waals surface area contributed by atoms with Crippen molar-refractivity contribution in [2.75, 3.05) is 19.6 Å². The van der Waals surface area contributed by atoms with Gasteiger partial charge in [0.05, 0.1) is 6.04 Å². The summed E-state index contributed by atoms with van der Waals surface area (Å²) in [4.78, 5) is 41.4. The van der Waals surface area contributed by atoms with E-state index >= 15 is 0 Å². The number of primary amides is 1. The lowest BCUT2D eigenvalue weighted by Crippen LogP contribution is -2.46. The predicted octanol–water partition coefficient (Wildman–Crippen LogP) is 2.45. The molecule has 0 radical (unpaired) electrons. The van der Waals surface area contributed by atoms with Crippen LogP contribution in [0, 0.1) is 5.92 Å². The fourth-order valence-corrected chi connectivity index (χ4v) is 5.12. The van der Waals surface area contributed by atoms with E-state index < -0.39 is 0 Å². The molecule has 7 nitrogen and oxygen atoms in total. The molecule has 0 bridgehead atoms. The SMILES string of the molecule is Cn1cc([C@@H]2c3ccccc3C(=O)N2CC(=O)N2CCC(C(N)=O)CC2)c2ccccc21. The zero-order valence-electron chi connectivity index (χ0n) is 18.0. The molecule has 1 fully saturated rings. The van der Waals surface area contributed by atoms with E-state index in [4.69, 9.17) is 5.73 Å². The molecule has 1 atom stereocenters. The molecule has 3 heterocycles. The summed E-state index contributed by atoms with van der Waals surface area (Å²) in [5, 5.41) is 1.07. The highest BCUT2D eigenvalue weighted by Gasteiger charge is 2.40. The highest BCUT2D eigenvalue weighted by Crippen LogP contribution is 2.41. The van der Waals surface area contributed by atoms with Crippen LogP contribution in [0.15, 0.2) is 54.7 Å². The fraction of sp³-hybridized carbons (Fsp3) is 0.320. The average molecular weight is 431 g/mol. The number of carbonyl (C=O) groups excluding carboxylic acids is 3. The number of hydrogen-bond acceptors (Lipinski definition) is 3. The summed E-state index contributed by atoms with van der Waals surface area (Å²) < 4.78 is 2.06. The molecule has 1 saturated heterocycles. The molecule has 2 aromatic carbocycles. The van der Waals surface area contributed by atoms with E-state index in [1.165, 1.54) is 0 Å². The number of para-hydroxylation sites is 1. The number of amides is 3. The fourth-order valence-electron chi connectivity index (χ4n) is 5.12. The molecule has 5 rings (SSSR count). The first-order valence-corrected chi connectivity index (χ1v) is 11.0. The largest absolute Gasteiger partial charge is 0.369 e. The number of fused-ring (bicyclic) bond motifs is 2. The molecular weight excluding hydrogens is 404 g/mol. The van der Waals surface area contributed by atoms with Crippen LogP contribution in [-0.2, 0) is 16.6 Å². The number of aryl methyl sites for hydroxylation is 1. The zero-order valence-corrected chi connectivity index (χ0v) is 18.0. The Hall–Kier alpha value is -3.61. The Kier molecular flexibility index (Phi) is 4.96. The Morgan fingerprint density at radius 1 is 1.00 bits per heavy atom. The third kappa shape index (κ3) is 3.25. The van der Waals surface area contributed by atoms with Crippen LogP contribution in [0.4, 0.5) is 0 Å². The summed E-state index contributed by atoms with van der Waals surface area (Å²) in [5.41, 5.74) is 9.09. The summed E-state index contributed by atoms with van der Waals surface area (Å²) in [5.74, 6) is -0.711. The lowest BCUT2D eigenvalue weighted by molar-refractivity contribution is -0.135. The third-order valence-corrected chi connectivity index (χ3v) is 6.84. The number of nitrogens with zero attached hydrogens (tertiary/aromatic N) is 3. The number of piperidine rings is 1. The minimum Gasteiger partial charge on any atom is -0.369 e. The first kappa shape index (κ1) is 20.3. The van der Waals surface area contributed by atoms with Crippen molar-refractivity contribution in [3.05, 3.63) is 71.4 Å². The first-order valence-electron chi connectivity index (χ1n) is 11.0. The van der Waals surface area contributed by atoms with Gasteiger partial charge in [-0.25, -0.2) is 0 Å². The maximum Gasteiger partial charge on any atom is 0.255 e. The monoisotopic (exact) mass is 430 g/mol. The van der Waals surface area contributed by atoms with Gasteiger partial charge in [0.1, 0.15) is 6.54 Å². The number of aromatic nitrogens is 1. The molecule has 0 saturated carbocycles. The molecule has 164 valence electrons. The van der Waals surface area contributed by atoms with Crippen molar-refractivity contribution in [3.63, 3.8) is 0 Å². The second-order valence-electron chi connectivity index (χ2n) is 8.69. The maximum absolute atomic E-state index is 13.4. The van der Waals surface area contributed by atoms with Gasteiger partial charge in [-0.1, -0.05) is 36.4 Å². The number of nitrogens with two attached hydrogens (primary N) is 1. The van der Waals surface area contributed by atoms with Crippen LogP contribution >= 0.6 is 0 Å². The molecule has 1 aromatic heterocycles. The number of rotatable bonds is 4. The van der Waals surface area contributed by atoms with Gasteiger partial charge in [-0.2, -0.15) is 0 Å². The van der Waals surface area contributed by atoms with Gasteiger partial charge in [0, 0.05) is 54.3 Å². The first-order chi connectivity index (χ1) is 15.5. The van der Waals surface area contributed by atoms with E-state index in [0.717, 1.165) is 22.0 Å². The van der Waals surface area contributed by atoms with Crippen molar-refractivity contribution in [3.8, 4) is 0 Å². The lowest BCUT2D eigenvalue weighted by Gasteiger charge is -2.33. The smallest absolute Gasteiger partial charge is 0.255 e. The van der Waals surface area contributed by atoms with E-state index in [-0.39, 0.29) is 36.2 Å². The quantitative estimate of drug-likeness (QED) is 0.690. The molecule has 2 aliphatic rings. The standard InChI is InChI=1S/C25H26N4O3/c1-27-14-20(17-6-4-5-9-21(17)27)23-18-7-2-3-8-19(18)25(32)29(23)15-22(30)28-12-10-16(11-13-28)24(26)31/h2-9,14,16,23H,10-13,15H2,1H3,(H2,26,31)/t23-/m0/s1. The van der Waals surface area contributed by atoms with Crippen LogP contribution in [0.3, 0.4) is 0 Å². The van der Waals surface area contributed by atoms with Crippen LogP contribution in [-0.4, -0.2) is 51.7 Å². The van der Waals surface area contributed by atoms with Gasteiger partial charge >= 0.3 is 0 Å². The molecule has 32 heavy (non-hydrogen) atoms. The average Bonchev–Trinajstić information content (AvgIpc) is 3.28. The molecule has 3 amide bonds. The Balaban J connectivity index is 1.48. The highest BCUT2D eigenvalue weighted by molar-refractivity contribution is 6.02. The van der Waals surface area contributed by atoms with Crippen molar-refractivity contribution in [1.29, 1.82) is 0 Å². The molecular formula is C25H26N4O3. The molecule has 2 N–H and O–H groups in total. The number of hydrogen-bond donors (Lipinski definition) is 1. The molecule has 2 aliphatic heterocycles. The number of benzene rings is 2. The van der Waals surface area contributed by atoms with Crippen molar-refractivity contribution in [2.24, 2.45) is 18.7 Å². The summed E-state index contributed by atoms with van der Waals surface area (Å²) in [6, 6.07) is 15.4. The van der Waals surface area contributed by atoms with Gasteiger partial charge in [0.25, 0.3) is 5.91 Å². The van der Waals surface area contributed by atoms with Gasteiger partial charge in [-0.3, -0.25) is 14.4 Å². The van der Waals surface area contributed by atoms with Crippen LogP contribution < -0.4 is 5.73 Å². The van der Waals surface area contributed by atoms with Crippen LogP contribution in [0.25, 0.3) is 10.9 Å². The summed E-state index contributed by atoms with van der Waals surface area (Å²) in [6.07, 6.45) is 3.20. The van der Waals surface area contributed by atoms with Crippen LogP contribution in [0.2, 0.25) is 0 Å². The van der Waals surface area contributed by atoms with E-state index in [0.29, 0.717) is 31.5 Å². The van der Waals surface area contributed by atoms with Crippen LogP contribution in [0.5, 0.6) is 0 Å². The molecule has 7 heteroatoms. The molecule has 0 aliphatic carbocycles. The molecule has 0 spiro atoms. The summed E-state index contributed by atoms with van der Waals surface area (Å²) >= 11 is 0. The Bertz CT molecular complexity index is 1220. The summed E-state index contributed by atoms with van der Waals surface area (Å²) in [7, 11) is 1.99. The minimum atomic E-state index is -0.322. The van der Waals surface area contributed by atoms with Gasteiger partial charge in [0.15, 0.2) is 0 Å². The van der Waals surface area contributed by atoms with Crippen molar-refractivity contribution in [2.45, 2.75) is 18.9 Å². The van der Waals surface area contributed by atoms with E-state index in [1.54, 1.807) is 9.80 Å². The molecule has 0 unspecified atom stereocenters. The minimum absolute atomic E-state index is 0.00262. The van der Waals surface area contributed by atoms with Gasteiger partial charge in [0.2, 0.25) is 11.8 Å². The maximum atomic E-state index is 13.4. The predicted molar refractivity (Wildman–Crippen MR) is 121 cm³/mol. The number of likely N-dealkylation sites (tertiary alicyclic amines) is 1. The van der Waals surface area contributed by atoms with E-state index in [2.05, 4.69) is 22.9 Å². The normalized spacial score (nSPS) is 18.9. The van der Waals surface area contributed by atoms with E-state index in [9.17, 15) is 14.4 Å². The van der Waals surface area contributed by atoms with Crippen molar-refractivity contribution < 1.29 is 14.4 Å². The Morgan fingerprint density at radius 3 is 2.44 bits per heavy atom. The molecule has 3 aromatic rings. The van der Waals surface area contributed by atoms with Crippen molar-refractivity contribution >= 4 is 28.6 Å². The summed E-state index contributed by atoms with van der Waals surface area (Å²) in [6.45, 7) is 0.976. The van der Waals surface area contributed by atoms with Gasteiger partial charge in [-0.05, 0) is 30.5 Å². The lowest BCUT2D eigenvalue weighted by atomic mass is 9.96. The van der Waals surface area contributed by atoms with Crippen LogP contribution in [0.1, 0.15) is 40.4 Å². The Morgan fingerprint density at radius 2 is 1.69 bits per heavy atom. The number of carbonyl (C=O) groups is 3. The second kappa shape index (κ2) is 7.82. The topological polar surface area (TPSA) is 88.6 Å².